The van der Waals surface area contributed by atoms with Crippen LogP contribution in [0, 0.1) is 11.7 Å². The lowest BCUT2D eigenvalue weighted by Gasteiger charge is -2.06. The summed E-state index contributed by atoms with van der Waals surface area (Å²) in [7, 11) is 0. The summed E-state index contributed by atoms with van der Waals surface area (Å²) >= 11 is 0. The zero-order chi connectivity index (χ0) is 25.8. The molecule has 0 atom stereocenters. The molecule has 4 aromatic heterocycles. The number of aromatic hydroxyl groups is 1. The number of pyridine rings is 2. The van der Waals surface area contributed by atoms with Gasteiger partial charge in [0.25, 0.3) is 0 Å². The van der Waals surface area contributed by atoms with Gasteiger partial charge in [-0.2, -0.15) is 5.10 Å². The summed E-state index contributed by atoms with van der Waals surface area (Å²) in [5.41, 5.74) is 6.44. The van der Waals surface area contributed by atoms with Gasteiger partial charge in [-0.25, -0.2) is 14.4 Å². The summed E-state index contributed by atoms with van der Waals surface area (Å²) in [6, 6.07) is 15.0. The third kappa shape index (κ3) is 3.92. The highest BCUT2D eigenvalue weighted by molar-refractivity contribution is 5.97. The van der Waals surface area contributed by atoms with Crippen LogP contribution in [0.1, 0.15) is 12.8 Å². The highest BCUT2D eigenvalue weighted by atomic mass is 19.1. The highest BCUT2D eigenvalue weighted by Crippen LogP contribution is 2.34. The first kappa shape index (κ1) is 22.1. The summed E-state index contributed by atoms with van der Waals surface area (Å²) < 4.78 is 14.0. The first-order valence-corrected chi connectivity index (χ1v) is 12.1. The van der Waals surface area contributed by atoms with E-state index in [4.69, 9.17) is 9.97 Å². The number of carbonyl (C=O) groups excluding carboxylic acids is 1. The first-order chi connectivity index (χ1) is 18.5. The maximum absolute atomic E-state index is 14.0. The molecule has 0 unspecified atom stereocenters. The van der Waals surface area contributed by atoms with E-state index in [1.807, 2.05) is 36.4 Å². The second-order valence-electron chi connectivity index (χ2n) is 9.38. The maximum atomic E-state index is 14.0. The van der Waals surface area contributed by atoms with Crippen molar-refractivity contribution in [2.24, 2.45) is 5.92 Å². The molecule has 0 spiro atoms. The van der Waals surface area contributed by atoms with Crippen LogP contribution < -0.4 is 5.32 Å². The van der Waals surface area contributed by atoms with Crippen LogP contribution >= 0.6 is 0 Å². The first-order valence-electron chi connectivity index (χ1n) is 12.1. The fraction of sp³-hybridized carbons (Fsp3) is 0.107. The number of H-pyrrole nitrogens is 2. The van der Waals surface area contributed by atoms with E-state index in [0.29, 0.717) is 45.1 Å². The van der Waals surface area contributed by atoms with Crippen molar-refractivity contribution in [1.29, 1.82) is 0 Å². The number of rotatable bonds is 5. The van der Waals surface area contributed by atoms with E-state index >= 15 is 0 Å². The van der Waals surface area contributed by atoms with Crippen molar-refractivity contribution in [2.45, 2.75) is 12.8 Å². The molecule has 6 aromatic rings. The van der Waals surface area contributed by atoms with Gasteiger partial charge in [-0.1, -0.05) is 12.1 Å². The molecule has 0 aliphatic heterocycles. The number of nitrogens with zero attached hydrogens (tertiary/aromatic N) is 4. The lowest BCUT2D eigenvalue weighted by Crippen LogP contribution is -2.13. The average Bonchev–Trinajstić information content (AvgIpc) is 3.54. The number of carbonyl (C=O) groups is 1. The van der Waals surface area contributed by atoms with Crippen molar-refractivity contribution in [3.8, 4) is 39.7 Å². The van der Waals surface area contributed by atoms with Crippen molar-refractivity contribution in [3.63, 3.8) is 0 Å². The Morgan fingerprint density at radius 3 is 2.71 bits per heavy atom. The number of hydrogen-bond acceptors (Lipinski definition) is 6. The van der Waals surface area contributed by atoms with Crippen LogP contribution in [0.5, 0.6) is 5.75 Å². The number of para-hydroxylation sites is 1. The Morgan fingerprint density at radius 2 is 1.87 bits per heavy atom. The molecule has 4 heterocycles. The quantitative estimate of drug-likeness (QED) is 0.247. The number of anilines is 1. The Labute approximate surface area is 214 Å². The predicted octanol–water partition coefficient (Wildman–Crippen LogP) is 5.42. The Bertz CT molecular complexity index is 1850. The number of phenols is 1. The summed E-state index contributed by atoms with van der Waals surface area (Å²) in [5.74, 6) is -0.0887. The molecular weight excluding hydrogens is 485 g/mol. The van der Waals surface area contributed by atoms with Crippen LogP contribution in [0.4, 0.5) is 10.1 Å². The fourth-order valence-electron chi connectivity index (χ4n) is 4.57. The minimum Gasteiger partial charge on any atom is -0.508 e. The molecule has 1 aliphatic carbocycles. The van der Waals surface area contributed by atoms with E-state index in [1.165, 1.54) is 12.1 Å². The molecule has 1 fully saturated rings. The van der Waals surface area contributed by atoms with E-state index in [-0.39, 0.29) is 17.6 Å². The third-order valence-corrected chi connectivity index (χ3v) is 6.59. The minimum atomic E-state index is -0.534. The van der Waals surface area contributed by atoms with Gasteiger partial charge < -0.3 is 15.4 Å². The number of halogens is 1. The van der Waals surface area contributed by atoms with Crippen LogP contribution in [0.3, 0.4) is 0 Å². The number of phenolic OH excluding ortho intramolecular Hbond substituents is 1. The van der Waals surface area contributed by atoms with Gasteiger partial charge in [-0.3, -0.25) is 14.9 Å². The van der Waals surface area contributed by atoms with Crippen molar-refractivity contribution >= 4 is 33.7 Å². The van der Waals surface area contributed by atoms with Gasteiger partial charge in [-0.15, -0.1) is 0 Å². The van der Waals surface area contributed by atoms with Crippen LogP contribution in [-0.4, -0.2) is 41.1 Å². The SMILES string of the molecule is O=C(Nc1cncc(-c2ccc3[nH]nc(-c4nc5c(-c6cc(O)cc(F)c6)cccc5[nH]4)c3n2)c1)C1CC1. The van der Waals surface area contributed by atoms with Gasteiger partial charge in [0.2, 0.25) is 5.91 Å². The Morgan fingerprint density at radius 1 is 0.974 bits per heavy atom. The summed E-state index contributed by atoms with van der Waals surface area (Å²) in [4.78, 5) is 29.3. The number of nitrogens with one attached hydrogen (secondary N) is 3. The summed E-state index contributed by atoms with van der Waals surface area (Å²) in [5, 5.41) is 20.3. The van der Waals surface area contributed by atoms with E-state index in [1.54, 1.807) is 12.4 Å². The lowest BCUT2D eigenvalue weighted by atomic mass is 10.0. The van der Waals surface area contributed by atoms with Gasteiger partial charge in [0, 0.05) is 29.3 Å². The number of aromatic amines is 2. The Balaban J connectivity index is 1.29. The van der Waals surface area contributed by atoms with Gasteiger partial charge in [0.05, 0.1) is 34.1 Å². The fourth-order valence-corrected chi connectivity index (χ4v) is 4.57. The van der Waals surface area contributed by atoms with Crippen LogP contribution in [0.25, 0.3) is 56.0 Å². The van der Waals surface area contributed by atoms with Crippen LogP contribution in [0.15, 0.2) is 67.0 Å². The van der Waals surface area contributed by atoms with Gasteiger partial charge >= 0.3 is 0 Å². The molecule has 38 heavy (non-hydrogen) atoms. The van der Waals surface area contributed by atoms with Crippen LogP contribution in [-0.2, 0) is 4.79 Å². The highest BCUT2D eigenvalue weighted by Gasteiger charge is 2.29. The molecule has 186 valence electrons. The van der Waals surface area contributed by atoms with E-state index in [2.05, 4.69) is 25.5 Å². The normalized spacial score (nSPS) is 13.3. The van der Waals surface area contributed by atoms with E-state index in [9.17, 15) is 14.3 Å². The van der Waals surface area contributed by atoms with Crippen molar-refractivity contribution in [3.05, 3.63) is 72.8 Å². The predicted molar refractivity (Wildman–Crippen MR) is 141 cm³/mol. The second kappa shape index (κ2) is 8.48. The van der Waals surface area contributed by atoms with Crippen molar-refractivity contribution in [1.82, 2.24) is 30.1 Å². The third-order valence-electron chi connectivity index (χ3n) is 6.59. The smallest absolute Gasteiger partial charge is 0.227 e. The number of imidazole rings is 1. The number of amides is 1. The van der Waals surface area contributed by atoms with Crippen LogP contribution in [0.2, 0.25) is 0 Å². The standard InChI is InChI=1S/C28H20FN7O2/c29-17-8-15(10-19(37)11-17)20-2-1-3-22-24(20)34-27(33-22)26-25-23(35-36-26)7-6-21(32-25)16-9-18(13-30-12-16)31-28(38)14-4-5-14/h1-3,6-14,37H,4-5H2,(H,31,38)(H,33,34)(H,35,36). The van der Waals surface area contributed by atoms with E-state index in [0.717, 1.165) is 35.5 Å². The molecule has 4 N–H and O–H groups in total. The second-order valence-corrected chi connectivity index (χ2v) is 9.38. The molecule has 1 aliphatic rings. The number of hydrogen-bond donors (Lipinski definition) is 4. The molecule has 1 amide bonds. The average molecular weight is 506 g/mol. The lowest BCUT2D eigenvalue weighted by molar-refractivity contribution is -0.117. The topological polar surface area (TPSA) is 132 Å². The van der Waals surface area contributed by atoms with Gasteiger partial charge in [0.1, 0.15) is 17.1 Å². The zero-order valence-corrected chi connectivity index (χ0v) is 19.9. The Hall–Kier alpha value is -5.12. The minimum absolute atomic E-state index is 0.0159. The zero-order valence-electron chi connectivity index (χ0n) is 19.9. The van der Waals surface area contributed by atoms with Crippen molar-refractivity contribution < 1.29 is 14.3 Å². The largest absolute Gasteiger partial charge is 0.508 e. The van der Waals surface area contributed by atoms with Gasteiger partial charge in [0.15, 0.2) is 11.5 Å². The molecule has 2 aromatic carbocycles. The molecule has 0 saturated heterocycles. The summed E-state index contributed by atoms with van der Waals surface area (Å²) in [6.45, 7) is 0. The molecule has 1 saturated carbocycles. The summed E-state index contributed by atoms with van der Waals surface area (Å²) in [6.07, 6.45) is 5.17. The number of fused-ring (bicyclic) bond motifs is 2. The maximum Gasteiger partial charge on any atom is 0.227 e. The monoisotopic (exact) mass is 505 g/mol. The molecule has 0 bridgehead atoms. The van der Waals surface area contributed by atoms with Gasteiger partial charge in [-0.05, 0) is 54.8 Å². The molecule has 7 rings (SSSR count). The molecule has 10 heteroatoms. The van der Waals surface area contributed by atoms with Crippen molar-refractivity contribution in [2.75, 3.05) is 5.32 Å². The molecule has 9 nitrogen and oxygen atoms in total. The Kier molecular flexibility index (Phi) is 4.93. The molecular formula is C28H20FN7O2. The van der Waals surface area contributed by atoms with E-state index < -0.39 is 5.82 Å². The number of aromatic nitrogens is 6. The number of benzene rings is 2. The molecule has 0 radical (unpaired) electrons.